The Labute approximate surface area is 182 Å². The van der Waals surface area contributed by atoms with E-state index < -0.39 is 6.10 Å². The quantitative estimate of drug-likeness (QED) is 0.603. The number of likely N-dealkylation sites (tertiary alicyclic amines) is 1. The van der Waals surface area contributed by atoms with Crippen molar-refractivity contribution in [1.82, 2.24) is 4.90 Å². The van der Waals surface area contributed by atoms with Crippen LogP contribution in [0, 0.1) is 6.92 Å². The summed E-state index contributed by atoms with van der Waals surface area (Å²) in [5, 5.41) is 10.8. The van der Waals surface area contributed by atoms with E-state index in [-0.39, 0.29) is 17.8 Å². The number of hydrogen-bond acceptors (Lipinski definition) is 6. The zero-order valence-corrected chi connectivity index (χ0v) is 17.9. The molecule has 1 aromatic heterocycles. The highest BCUT2D eigenvalue weighted by atomic mass is 16.5. The van der Waals surface area contributed by atoms with Crippen LogP contribution < -0.4 is 14.9 Å². The standard InChI is InChI=1S/C25H29NO5/c1-18-7-6-8-21(13-18)31-24-17-30-23-14-20(9-10-22(23)25(24)28)29-16-19(27)15-26-11-4-2-3-5-12-26/h6-10,13-14,17,19,27H,2-5,11-12,15-16H2,1H3/t19-/m0/s1. The van der Waals surface area contributed by atoms with Crippen LogP contribution in [0.3, 0.4) is 0 Å². The topological polar surface area (TPSA) is 72.1 Å². The molecule has 1 atom stereocenters. The van der Waals surface area contributed by atoms with Crippen LogP contribution in [0.25, 0.3) is 11.0 Å². The number of ether oxygens (including phenoxy) is 2. The highest BCUT2D eigenvalue weighted by Gasteiger charge is 2.15. The molecule has 1 fully saturated rings. The Kier molecular flexibility index (Phi) is 6.89. The van der Waals surface area contributed by atoms with Crippen LogP contribution >= 0.6 is 0 Å². The average Bonchev–Trinajstić information content (AvgIpc) is 3.03. The van der Waals surface area contributed by atoms with Gasteiger partial charge in [0, 0.05) is 12.6 Å². The molecule has 1 aliphatic rings. The van der Waals surface area contributed by atoms with Gasteiger partial charge in [0.1, 0.15) is 36.1 Å². The zero-order chi connectivity index (χ0) is 21.6. The number of benzene rings is 2. The number of rotatable bonds is 7. The average molecular weight is 424 g/mol. The Morgan fingerprint density at radius 2 is 1.87 bits per heavy atom. The number of aryl methyl sites for hydroxylation is 1. The Hall–Kier alpha value is -2.83. The maximum atomic E-state index is 12.8. The lowest BCUT2D eigenvalue weighted by Gasteiger charge is -2.23. The van der Waals surface area contributed by atoms with Crippen LogP contribution in [0.4, 0.5) is 0 Å². The fourth-order valence-corrected chi connectivity index (χ4v) is 3.92. The van der Waals surface area contributed by atoms with Crippen LogP contribution in [-0.2, 0) is 0 Å². The van der Waals surface area contributed by atoms with Gasteiger partial charge in [-0.2, -0.15) is 0 Å². The molecule has 0 unspecified atom stereocenters. The fourth-order valence-electron chi connectivity index (χ4n) is 3.92. The second-order valence-electron chi connectivity index (χ2n) is 8.19. The van der Waals surface area contributed by atoms with Gasteiger partial charge in [-0.05, 0) is 62.7 Å². The van der Waals surface area contributed by atoms with Crippen molar-refractivity contribution < 1.29 is 19.0 Å². The summed E-state index contributed by atoms with van der Waals surface area (Å²) in [6.07, 6.45) is 5.67. The predicted octanol–water partition coefficient (Wildman–Crippen LogP) is 4.51. The van der Waals surface area contributed by atoms with E-state index in [4.69, 9.17) is 13.9 Å². The van der Waals surface area contributed by atoms with Gasteiger partial charge in [-0.15, -0.1) is 0 Å². The minimum atomic E-state index is -0.564. The normalized spacial score (nSPS) is 16.1. The molecule has 2 heterocycles. The first-order valence-electron chi connectivity index (χ1n) is 10.9. The predicted molar refractivity (Wildman–Crippen MR) is 120 cm³/mol. The minimum Gasteiger partial charge on any atom is -0.491 e. The van der Waals surface area contributed by atoms with Crippen molar-refractivity contribution in [1.29, 1.82) is 0 Å². The summed E-state index contributed by atoms with van der Waals surface area (Å²) in [5.41, 5.74) is 1.22. The number of nitrogens with zero attached hydrogens (tertiary/aromatic N) is 1. The van der Waals surface area contributed by atoms with Crippen molar-refractivity contribution in [3.05, 3.63) is 64.5 Å². The summed E-state index contributed by atoms with van der Waals surface area (Å²) in [4.78, 5) is 15.1. The zero-order valence-electron chi connectivity index (χ0n) is 17.9. The lowest BCUT2D eigenvalue weighted by molar-refractivity contribution is 0.0694. The maximum absolute atomic E-state index is 12.8. The molecule has 0 radical (unpaired) electrons. The van der Waals surface area contributed by atoms with Crippen LogP contribution in [0.15, 0.2) is 57.9 Å². The van der Waals surface area contributed by atoms with Gasteiger partial charge < -0.3 is 23.9 Å². The Bertz CT molecular complexity index is 1070. The van der Waals surface area contributed by atoms with E-state index in [0.717, 1.165) is 18.7 Å². The monoisotopic (exact) mass is 423 g/mol. The molecule has 0 spiro atoms. The molecule has 0 saturated carbocycles. The van der Waals surface area contributed by atoms with Crippen LogP contribution in [0.2, 0.25) is 0 Å². The van der Waals surface area contributed by atoms with E-state index in [9.17, 15) is 9.90 Å². The second kappa shape index (κ2) is 9.98. The first-order valence-corrected chi connectivity index (χ1v) is 10.9. The Morgan fingerprint density at radius 3 is 2.65 bits per heavy atom. The lowest BCUT2D eigenvalue weighted by atomic mass is 10.2. The molecule has 1 N–H and O–H groups in total. The number of aliphatic hydroxyl groups excluding tert-OH is 1. The molecule has 2 aromatic carbocycles. The summed E-state index contributed by atoms with van der Waals surface area (Å²) in [5.74, 6) is 1.28. The molecule has 0 bridgehead atoms. The van der Waals surface area contributed by atoms with Crippen molar-refractivity contribution in [2.24, 2.45) is 0 Å². The second-order valence-corrected chi connectivity index (χ2v) is 8.19. The molecule has 1 aliphatic heterocycles. The number of aliphatic hydroxyl groups is 1. The molecule has 164 valence electrons. The lowest BCUT2D eigenvalue weighted by Crippen LogP contribution is -2.36. The van der Waals surface area contributed by atoms with Crippen molar-refractivity contribution in [2.75, 3.05) is 26.2 Å². The van der Waals surface area contributed by atoms with Gasteiger partial charge in [0.05, 0.1) is 5.39 Å². The fraction of sp³-hybridized carbons (Fsp3) is 0.400. The molecular weight excluding hydrogens is 394 g/mol. The smallest absolute Gasteiger partial charge is 0.235 e. The van der Waals surface area contributed by atoms with Gasteiger partial charge in [0.2, 0.25) is 11.2 Å². The molecule has 0 amide bonds. The summed E-state index contributed by atoms with van der Waals surface area (Å²) < 4.78 is 17.1. The van der Waals surface area contributed by atoms with E-state index >= 15 is 0 Å². The van der Waals surface area contributed by atoms with Gasteiger partial charge in [0.15, 0.2) is 0 Å². The van der Waals surface area contributed by atoms with Gasteiger partial charge >= 0.3 is 0 Å². The summed E-state index contributed by atoms with van der Waals surface area (Å²) in [6, 6.07) is 12.5. The van der Waals surface area contributed by atoms with Crippen molar-refractivity contribution in [2.45, 2.75) is 38.7 Å². The highest BCUT2D eigenvalue weighted by molar-refractivity contribution is 5.79. The summed E-state index contributed by atoms with van der Waals surface area (Å²) in [7, 11) is 0. The van der Waals surface area contributed by atoms with Gasteiger partial charge in [-0.1, -0.05) is 25.0 Å². The van der Waals surface area contributed by atoms with E-state index in [1.54, 1.807) is 24.3 Å². The summed E-state index contributed by atoms with van der Waals surface area (Å²) in [6.45, 7) is 4.83. The largest absolute Gasteiger partial charge is 0.491 e. The van der Waals surface area contributed by atoms with E-state index in [2.05, 4.69) is 4.90 Å². The first-order chi connectivity index (χ1) is 15.1. The third-order valence-electron chi connectivity index (χ3n) is 5.54. The number of β-amino-alcohol motifs (C(OH)–C–C–N with tert-alkyl or cyclic N) is 1. The molecule has 6 nitrogen and oxygen atoms in total. The van der Waals surface area contributed by atoms with E-state index in [1.807, 2.05) is 25.1 Å². The number of fused-ring (bicyclic) bond motifs is 1. The third-order valence-corrected chi connectivity index (χ3v) is 5.54. The maximum Gasteiger partial charge on any atom is 0.235 e. The molecule has 0 aliphatic carbocycles. The molecule has 31 heavy (non-hydrogen) atoms. The highest BCUT2D eigenvalue weighted by Crippen LogP contribution is 2.24. The molecule has 1 saturated heterocycles. The van der Waals surface area contributed by atoms with E-state index in [1.165, 1.54) is 31.9 Å². The van der Waals surface area contributed by atoms with Crippen LogP contribution in [0.5, 0.6) is 17.2 Å². The minimum absolute atomic E-state index is 0.139. The summed E-state index contributed by atoms with van der Waals surface area (Å²) >= 11 is 0. The van der Waals surface area contributed by atoms with Crippen molar-refractivity contribution >= 4 is 11.0 Å². The molecule has 4 rings (SSSR count). The van der Waals surface area contributed by atoms with Crippen LogP contribution in [-0.4, -0.2) is 42.4 Å². The van der Waals surface area contributed by atoms with Crippen molar-refractivity contribution in [3.63, 3.8) is 0 Å². The molecular formula is C25H29NO5. The Balaban J connectivity index is 1.40. The molecule has 3 aromatic rings. The van der Waals surface area contributed by atoms with Gasteiger partial charge in [0.25, 0.3) is 0 Å². The van der Waals surface area contributed by atoms with Gasteiger partial charge in [-0.25, -0.2) is 0 Å². The number of hydrogen-bond donors (Lipinski definition) is 1. The Morgan fingerprint density at radius 1 is 1.06 bits per heavy atom. The molecule has 6 heteroatoms. The van der Waals surface area contributed by atoms with Gasteiger partial charge in [-0.3, -0.25) is 4.79 Å². The van der Waals surface area contributed by atoms with Crippen LogP contribution in [0.1, 0.15) is 31.2 Å². The SMILES string of the molecule is Cc1cccc(Oc2coc3cc(OC[C@@H](O)CN4CCCCCC4)ccc3c2=O)c1. The first kappa shape index (κ1) is 21.4. The third kappa shape index (κ3) is 5.66. The van der Waals surface area contributed by atoms with E-state index in [0.29, 0.717) is 29.0 Å². The van der Waals surface area contributed by atoms with Crippen molar-refractivity contribution in [3.8, 4) is 17.2 Å².